The maximum absolute atomic E-state index is 12.0. The third-order valence-electron chi connectivity index (χ3n) is 2.79. The highest BCUT2D eigenvalue weighted by Gasteiger charge is 2.25. The molecule has 0 unspecified atom stereocenters. The van der Waals surface area contributed by atoms with Gasteiger partial charge in [-0.3, -0.25) is 9.48 Å². The number of hydrogen-bond acceptors (Lipinski definition) is 4. The average Bonchev–Trinajstić information content (AvgIpc) is 2.77. The van der Waals surface area contributed by atoms with Gasteiger partial charge in [-0.2, -0.15) is 5.10 Å². The van der Waals surface area contributed by atoms with Crippen LogP contribution in [0.4, 0.5) is 0 Å². The highest BCUT2D eigenvalue weighted by molar-refractivity contribution is 5.76. The smallest absolute Gasteiger partial charge is 0.224 e. The summed E-state index contributed by atoms with van der Waals surface area (Å²) in [5, 5.41) is 3.97. The lowest BCUT2D eigenvalue weighted by atomic mass is 10.2. The molecule has 17 heavy (non-hydrogen) atoms. The van der Waals surface area contributed by atoms with E-state index in [0.717, 1.165) is 0 Å². The van der Waals surface area contributed by atoms with E-state index in [9.17, 15) is 4.79 Å². The first-order chi connectivity index (χ1) is 8.15. The van der Waals surface area contributed by atoms with Gasteiger partial charge in [0.05, 0.1) is 18.8 Å². The van der Waals surface area contributed by atoms with E-state index in [1.807, 2.05) is 18.7 Å². The number of carbonyl (C=O) groups excluding carboxylic acids is 1. The molecule has 0 radical (unpaired) electrons. The molecule has 0 N–H and O–H groups in total. The molecule has 1 aromatic heterocycles. The first kappa shape index (κ1) is 12.0. The molecule has 1 fully saturated rings. The van der Waals surface area contributed by atoms with Gasteiger partial charge in [0.15, 0.2) is 0 Å². The Morgan fingerprint density at radius 3 is 2.71 bits per heavy atom. The highest BCUT2D eigenvalue weighted by atomic mass is 16.5. The Morgan fingerprint density at radius 2 is 2.12 bits per heavy atom. The molecule has 6 heteroatoms. The molecule has 1 amide bonds. The summed E-state index contributed by atoms with van der Waals surface area (Å²) in [5.41, 5.74) is 0. The quantitative estimate of drug-likeness (QED) is 0.760. The Bertz CT molecular complexity index is 356. The predicted octanol–water partition coefficient (Wildman–Crippen LogP) is 0.304. The summed E-state index contributed by atoms with van der Waals surface area (Å²) in [5.74, 6) is 0.155. The van der Waals surface area contributed by atoms with Crippen molar-refractivity contribution in [2.24, 2.45) is 0 Å². The summed E-state index contributed by atoms with van der Waals surface area (Å²) >= 11 is 0. The molecule has 2 atom stereocenters. The van der Waals surface area contributed by atoms with Crippen LogP contribution in [-0.4, -0.2) is 50.9 Å². The van der Waals surface area contributed by atoms with Gasteiger partial charge in [-0.15, -0.1) is 0 Å². The SMILES string of the molecule is C[C@@H]1CN(C(=O)CCn2cncn2)C[C@@H](C)O1. The lowest BCUT2D eigenvalue weighted by molar-refractivity contribution is -0.143. The van der Waals surface area contributed by atoms with Crippen LogP contribution < -0.4 is 0 Å². The van der Waals surface area contributed by atoms with Crippen LogP contribution in [0, 0.1) is 0 Å². The van der Waals surface area contributed by atoms with E-state index in [-0.39, 0.29) is 18.1 Å². The Kier molecular flexibility index (Phi) is 3.73. The number of morpholine rings is 1. The minimum atomic E-state index is 0.120. The summed E-state index contributed by atoms with van der Waals surface area (Å²) in [6.07, 6.45) is 3.80. The van der Waals surface area contributed by atoms with Crippen molar-refractivity contribution in [1.29, 1.82) is 0 Å². The topological polar surface area (TPSA) is 60.2 Å². The first-order valence-electron chi connectivity index (χ1n) is 5.91. The second-order valence-electron chi connectivity index (χ2n) is 4.46. The van der Waals surface area contributed by atoms with Crippen LogP contribution in [0.15, 0.2) is 12.7 Å². The van der Waals surface area contributed by atoms with Gasteiger partial charge in [0.25, 0.3) is 0 Å². The van der Waals surface area contributed by atoms with Crippen molar-refractivity contribution >= 4 is 5.91 Å². The molecule has 2 rings (SSSR count). The second kappa shape index (κ2) is 5.27. The highest BCUT2D eigenvalue weighted by Crippen LogP contribution is 2.11. The third-order valence-corrected chi connectivity index (χ3v) is 2.79. The molecule has 0 aliphatic carbocycles. The van der Waals surface area contributed by atoms with E-state index >= 15 is 0 Å². The van der Waals surface area contributed by atoms with Crippen LogP contribution in [0.3, 0.4) is 0 Å². The monoisotopic (exact) mass is 238 g/mol. The Labute approximate surface area is 101 Å². The van der Waals surface area contributed by atoms with E-state index < -0.39 is 0 Å². The lowest BCUT2D eigenvalue weighted by Crippen LogP contribution is -2.48. The molecular weight excluding hydrogens is 220 g/mol. The molecule has 1 saturated heterocycles. The van der Waals surface area contributed by atoms with Crippen molar-refractivity contribution in [3.8, 4) is 0 Å². The molecule has 0 spiro atoms. The number of hydrogen-bond donors (Lipinski definition) is 0. The average molecular weight is 238 g/mol. The van der Waals surface area contributed by atoms with Gasteiger partial charge in [-0.25, -0.2) is 4.98 Å². The van der Waals surface area contributed by atoms with E-state index in [0.29, 0.717) is 26.1 Å². The van der Waals surface area contributed by atoms with Crippen molar-refractivity contribution in [2.75, 3.05) is 13.1 Å². The van der Waals surface area contributed by atoms with Gasteiger partial charge in [-0.05, 0) is 13.8 Å². The fourth-order valence-corrected chi connectivity index (χ4v) is 2.10. The molecule has 1 aromatic rings. The molecule has 6 nitrogen and oxygen atoms in total. The Balaban J connectivity index is 1.83. The van der Waals surface area contributed by atoms with Crippen LogP contribution >= 0.6 is 0 Å². The molecule has 0 bridgehead atoms. The molecule has 1 aliphatic rings. The van der Waals surface area contributed by atoms with Crippen LogP contribution in [0.2, 0.25) is 0 Å². The summed E-state index contributed by atoms with van der Waals surface area (Å²) in [6, 6.07) is 0. The van der Waals surface area contributed by atoms with Crippen molar-refractivity contribution < 1.29 is 9.53 Å². The fraction of sp³-hybridized carbons (Fsp3) is 0.727. The number of carbonyl (C=O) groups is 1. The maximum Gasteiger partial charge on any atom is 0.224 e. The zero-order valence-corrected chi connectivity index (χ0v) is 10.2. The lowest BCUT2D eigenvalue weighted by Gasteiger charge is -2.35. The standard InChI is InChI=1S/C11H18N4O2/c1-9-5-14(6-10(2)17-9)11(16)3-4-15-8-12-7-13-15/h7-10H,3-6H2,1-2H3/t9-,10-/m1/s1. The van der Waals surface area contributed by atoms with Gasteiger partial charge < -0.3 is 9.64 Å². The number of aryl methyl sites for hydroxylation is 1. The number of nitrogens with zero attached hydrogens (tertiary/aromatic N) is 4. The minimum absolute atomic E-state index is 0.120. The van der Waals surface area contributed by atoms with Crippen molar-refractivity contribution in [2.45, 2.75) is 39.0 Å². The van der Waals surface area contributed by atoms with E-state index in [4.69, 9.17) is 4.74 Å². The summed E-state index contributed by atoms with van der Waals surface area (Å²) in [4.78, 5) is 17.7. The Morgan fingerprint density at radius 1 is 1.41 bits per heavy atom. The van der Waals surface area contributed by atoms with Gasteiger partial charge in [0.2, 0.25) is 5.91 Å². The van der Waals surface area contributed by atoms with Crippen molar-refractivity contribution in [1.82, 2.24) is 19.7 Å². The Hall–Kier alpha value is -1.43. The van der Waals surface area contributed by atoms with Gasteiger partial charge in [-0.1, -0.05) is 0 Å². The maximum atomic E-state index is 12.0. The fourth-order valence-electron chi connectivity index (χ4n) is 2.10. The third kappa shape index (κ3) is 3.26. The number of aromatic nitrogens is 3. The van der Waals surface area contributed by atoms with Crippen molar-refractivity contribution in [3.63, 3.8) is 0 Å². The molecule has 2 heterocycles. The van der Waals surface area contributed by atoms with E-state index in [1.54, 1.807) is 11.0 Å². The van der Waals surface area contributed by atoms with E-state index in [2.05, 4.69) is 10.1 Å². The minimum Gasteiger partial charge on any atom is -0.372 e. The zero-order chi connectivity index (χ0) is 12.3. The van der Waals surface area contributed by atoms with Crippen LogP contribution in [0.1, 0.15) is 20.3 Å². The first-order valence-corrected chi connectivity index (χ1v) is 5.91. The molecule has 94 valence electrons. The normalized spacial score (nSPS) is 24.9. The number of amides is 1. The van der Waals surface area contributed by atoms with E-state index in [1.165, 1.54) is 6.33 Å². The molecule has 1 aliphatic heterocycles. The predicted molar refractivity (Wildman–Crippen MR) is 61.2 cm³/mol. The zero-order valence-electron chi connectivity index (χ0n) is 10.2. The molecular formula is C11H18N4O2. The summed E-state index contributed by atoms with van der Waals surface area (Å²) < 4.78 is 7.27. The summed E-state index contributed by atoms with van der Waals surface area (Å²) in [6.45, 7) is 5.93. The van der Waals surface area contributed by atoms with Gasteiger partial charge in [0, 0.05) is 19.5 Å². The summed E-state index contributed by atoms with van der Waals surface area (Å²) in [7, 11) is 0. The number of ether oxygens (including phenoxy) is 1. The largest absolute Gasteiger partial charge is 0.372 e. The van der Waals surface area contributed by atoms with Gasteiger partial charge >= 0.3 is 0 Å². The van der Waals surface area contributed by atoms with Gasteiger partial charge in [0.1, 0.15) is 12.7 Å². The van der Waals surface area contributed by atoms with Crippen LogP contribution in [0.25, 0.3) is 0 Å². The molecule has 0 aromatic carbocycles. The number of rotatable bonds is 3. The second-order valence-corrected chi connectivity index (χ2v) is 4.46. The molecule has 0 saturated carbocycles. The van der Waals surface area contributed by atoms with Crippen LogP contribution in [-0.2, 0) is 16.1 Å². The van der Waals surface area contributed by atoms with Crippen molar-refractivity contribution in [3.05, 3.63) is 12.7 Å². The van der Waals surface area contributed by atoms with Crippen LogP contribution in [0.5, 0.6) is 0 Å².